The number of halogens is 1. The van der Waals surface area contributed by atoms with E-state index in [2.05, 4.69) is 10.6 Å². The van der Waals surface area contributed by atoms with Crippen molar-refractivity contribution in [3.8, 4) is 0 Å². The summed E-state index contributed by atoms with van der Waals surface area (Å²) in [6.45, 7) is 5.12. The van der Waals surface area contributed by atoms with E-state index in [9.17, 15) is 14.0 Å². The first-order valence-electron chi connectivity index (χ1n) is 6.48. The van der Waals surface area contributed by atoms with Crippen LogP contribution in [-0.4, -0.2) is 17.9 Å². The minimum Gasteiger partial charge on any atom is -0.325 e. The van der Waals surface area contributed by atoms with Gasteiger partial charge in [0.15, 0.2) is 0 Å². The van der Waals surface area contributed by atoms with Crippen LogP contribution in [0.1, 0.15) is 27.2 Å². The molecule has 6 heteroatoms. The van der Waals surface area contributed by atoms with Gasteiger partial charge in [0.05, 0.1) is 11.7 Å². The number of benzene rings is 1. The Labute approximate surface area is 117 Å². The number of amides is 2. The SMILES string of the molecule is CCC(C)[C@H](N)C(=O)Nc1ccc(F)c(NC(C)=O)c1. The van der Waals surface area contributed by atoms with Crippen LogP contribution in [0, 0.1) is 11.7 Å². The Morgan fingerprint density at radius 3 is 2.55 bits per heavy atom. The van der Waals surface area contributed by atoms with E-state index < -0.39 is 11.9 Å². The number of anilines is 2. The van der Waals surface area contributed by atoms with Crippen LogP contribution in [0.3, 0.4) is 0 Å². The van der Waals surface area contributed by atoms with Crippen molar-refractivity contribution in [2.45, 2.75) is 33.2 Å². The second-order valence-electron chi connectivity index (χ2n) is 4.78. The predicted octanol–water partition coefficient (Wildman–Crippen LogP) is 2.10. The summed E-state index contributed by atoms with van der Waals surface area (Å²) in [6.07, 6.45) is 0.787. The van der Waals surface area contributed by atoms with Crippen molar-refractivity contribution in [2.24, 2.45) is 11.7 Å². The smallest absolute Gasteiger partial charge is 0.241 e. The zero-order chi connectivity index (χ0) is 15.3. The lowest BCUT2D eigenvalue weighted by Crippen LogP contribution is -2.40. The van der Waals surface area contributed by atoms with Crippen LogP contribution in [0.4, 0.5) is 15.8 Å². The molecule has 0 aliphatic rings. The Morgan fingerprint density at radius 2 is 2.00 bits per heavy atom. The molecule has 0 bridgehead atoms. The van der Waals surface area contributed by atoms with Crippen LogP contribution < -0.4 is 16.4 Å². The van der Waals surface area contributed by atoms with E-state index in [-0.39, 0.29) is 23.4 Å². The van der Waals surface area contributed by atoms with Crippen LogP contribution in [0.25, 0.3) is 0 Å². The number of nitrogens with one attached hydrogen (secondary N) is 2. The van der Waals surface area contributed by atoms with Gasteiger partial charge in [-0.25, -0.2) is 4.39 Å². The molecular formula is C14H20FN3O2. The third-order valence-electron chi connectivity index (χ3n) is 3.10. The quantitative estimate of drug-likeness (QED) is 0.772. The first-order chi connectivity index (χ1) is 9.35. The number of nitrogens with two attached hydrogens (primary N) is 1. The van der Waals surface area contributed by atoms with E-state index >= 15 is 0 Å². The van der Waals surface area contributed by atoms with Gasteiger partial charge in [-0.2, -0.15) is 0 Å². The lowest BCUT2D eigenvalue weighted by atomic mass is 9.99. The Bertz CT molecular complexity index is 505. The molecule has 0 aliphatic heterocycles. The number of carbonyl (C=O) groups excluding carboxylic acids is 2. The molecule has 1 aromatic rings. The number of hydrogen-bond acceptors (Lipinski definition) is 3. The van der Waals surface area contributed by atoms with Crippen molar-refractivity contribution < 1.29 is 14.0 Å². The molecule has 2 atom stereocenters. The molecule has 1 aromatic carbocycles. The summed E-state index contributed by atoms with van der Waals surface area (Å²) in [6, 6.07) is 3.32. The molecule has 2 amide bonds. The van der Waals surface area contributed by atoms with E-state index in [1.165, 1.54) is 25.1 Å². The average molecular weight is 281 g/mol. The summed E-state index contributed by atoms with van der Waals surface area (Å²) in [5, 5.41) is 4.97. The fourth-order valence-corrected chi connectivity index (χ4v) is 1.63. The van der Waals surface area contributed by atoms with Crippen LogP contribution in [0.2, 0.25) is 0 Å². The minimum absolute atomic E-state index is 0.0208. The van der Waals surface area contributed by atoms with Gasteiger partial charge in [-0.1, -0.05) is 20.3 Å². The monoisotopic (exact) mass is 281 g/mol. The van der Waals surface area contributed by atoms with Crippen LogP contribution in [0.15, 0.2) is 18.2 Å². The Kier molecular flexibility index (Phi) is 5.64. The lowest BCUT2D eigenvalue weighted by Gasteiger charge is -2.18. The summed E-state index contributed by atoms with van der Waals surface area (Å²) >= 11 is 0. The average Bonchev–Trinajstić information content (AvgIpc) is 2.40. The van der Waals surface area contributed by atoms with Gasteiger partial charge < -0.3 is 16.4 Å². The molecule has 20 heavy (non-hydrogen) atoms. The maximum atomic E-state index is 13.5. The summed E-state index contributed by atoms with van der Waals surface area (Å²) in [5.74, 6) is -1.24. The molecule has 0 radical (unpaired) electrons. The highest BCUT2D eigenvalue weighted by Crippen LogP contribution is 2.20. The molecule has 110 valence electrons. The summed E-state index contributed by atoms with van der Waals surface area (Å²) in [4.78, 5) is 22.9. The highest BCUT2D eigenvalue weighted by Gasteiger charge is 2.19. The van der Waals surface area contributed by atoms with E-state index in [1.807, 2.05) is 13.8 Å². The molecule has 0 fully saturated rings. The molecule has 0 aliphatic carbocycles. The topological polar surface area (TPSA) is 84.2 Å². The standard InChI is InChI=1S/C14H20FN3O2/c1-4-8(2)13(16)14(20)18-10-5-6-11(15)12(7-10)17-9(3)19/h5-8,13H,4,16H2,1-3H3,(H,17,19)(H,18,20)/t8?,13-/m0/s1. The van der Waals surface area contributed by atoms with Crippen molar-refractivity contribution in [1.29, 1.82) is 0 Å². The van der Waals surface area contributed by atoms with Crippen LogP contribution in [-0.2, 0) is 9.59 Å². The molecule has 0 heterocycles. The normalized spacial score (nSPS) is 13.4. The third-order valence-corrected chi connectivity index (χ3v) is 3.10. The van der Waals surface area contributed by atoms with Gasteiger partial charge in [-0.3, -0.25) is 9.59 Å². The van der Waals surface area contributed by atoms with Crippen LogP contribution in [0.5, 0.6) is 0 Å². The van der Waals surface area contributed by atoms with Gasteiger partial charge >= 0.3 is 0 Å². The Morgan fingerprint density at radius 1 is 1.35 bits per heavy atom. The Hall–Kier alpha value is -1.95. The molecule has 0 saturated heterocycles. The first-order valence-corrected chi connectivity index (χ1v) is 6.48. The predicted molar refractivity (Wildman–Crippen MR) is 76.8 cm³/mol. The molecule has 1 rings (SSSR count). The second kappa shape index (κ2) is 7.00. The second-order valence-corrected chi connectivity index (χ2v) is 4.78. The van der Waals surface area contributed by atoms with Crippen molar-refractivity contribution in [3.05, 3.63) is 24.0 Å². The zero-order valence-electron chi connectivity index (χ0n) is 11.9. The highest BCUT2D eigenvalue weighted by molar-refractivity contribution is 5.96. The van der Waals surface area contributed by atoms with Gasteiger partial charge in [0.25, 0.3) is 0 Å². The van der Waals surface area contributed by atoms with Gasteiger partial charge in [0, 0.05) is 12.6 Å². The van der Waals surface area contributed by atoms with Crippen molar-refractivity contribution in [1.82, 2.24) is 0 Å². The fourth-order valence-electron chi connectivity index (χ4n) is 1.63. The van der Waals surface area contributed by atoms with E-state index in [4.69, 9.17) is 5.73 Å². The highest BCUT2D eigenvalue weighted by atomic mass is 19.1. The molecule has 4 N–H and O–H groups in total. The molecular weight excluding hydrogens is 261 g/mol. The summed E-state index contributed by atoms with van der Waals surface area (Å²) in [5.41, 5.74) is 6.22. The first kappa shape index (κ1) is 16.1. The molecule has 0 aromatic heterocycles. The third kappa shape index (κ3) is 4.31. The van der Waals surface area contributed by atoms with Crippen LogP contribution >= 0.6 is 0 Å². The number of carbonyl (C=O) groups is 2. The van der Waals surface area contributed by atoms with Gasteiger partial charge in [0.2, 0.25) is 11.8 Å². The zero-order valence-corrected chi connectivity index (χ0v) is 11.9. The van der Waals surface area contributed by atoms with Gasteiger partial charge in [-0.05, 0) is 24.1 Å². The fraction of sp³-hybridized carbons (Fsp3) is 0.429. The molecule has 0 spiro atoms. The largest absolute Gasteiger partial charge is 0.325 e. The van der Waals surface area contributed by atoms with Crippen molar-refractivity contribution in [2.75, 3.05) is 10.6 Å². The molecule has 1 unspecified atom stereocenters. The molecule has 0 saturated carbocycles. The van der Waals surface area contributed by atoms with E-state index in [0.29, 0.717) is 5.69 Å². The Balaban J connectivity index is 2.82. The maximum Gasteiger partial charge on any atom is 0.241 e. The van der Waals surface area contributed by atoms with E-state index in [0.717, 1.165) is 6.42 Å². The van der Waals surface area contributed by atoms with Crippen molar-refractivity contribution >= 4 is 23.2 Å². The summed E-state index contributed by atoms with van der Waals surface area (Å²) < 4.78 is 13.5. The van der Waals surface area contributed by atoms with E-state index in [1.54, 1.807) is 0 Å². The van der Waals surface area contributed by atoms with Crippen molar-refractivity contribution in [3.63, 3.8) is 0 Å². The molecule has 5 nitrogen and oxygen atoms in total. The number of rotatable bonds is 5. The van der Waals surface area contributed by atoms with Gasteiger partial charge in [-0.15, -0.1) is 0 Å². The van der Waals surface area contributed by atoms with Gasteiger partial charge in [0.1, 0.15) is 5.82 Å². The summed E-state index contributed by atoms with van der Waals surface area (Å²) in [7, 11) is 0. The minimum atomic E-state index is -0.630. The maximum absolute atomic E-state index is 13.5. The lowest BCUT2D eigenvalue weighted by molar-refractivity contribution is -0.118. The number of hydrogen-bond donors (Lipinski definition) is 3.